The number of nitrogens with one attached hydrogen (secondary N) is 1. The number of piperidine rings is 1. The molecule has 7 heteroatoms. The first kappa shape index (κ1) is 25.1. The molecule has 1 heterocycles. The Morgan fingerprint density at radius 2 is 1.85 bits per heavy atom. The summed E-state index contributed by atoms with van der Waals surface area (Å²) in [7, 11) is 1.73. The molecule has 2 atom stereocenters. The van der Waals surface area contributed by atoms with E-state index in [2.05, 4.69) is 41.4 Å². The highest BCUT2D eigenvalue weighted by atomic mass is 16.5. The Balaban J connectivity index is 1.48. The zero-order valence-electron chi connectivity index (χ0n) is 20.9. The largest absolute Gasteiger partial charge is 0.383 e. The molecule has 1 saturated heterocycles. The molecule has 7 nitrogen and oxygen atoms in total. The van der Waals surface area contributed by atoms with E-state index in [1.165, 1.54) is 11.1 Å². The van der Waals surface area contributed by atoms with Gasteiger partial charge in [-0.25, -0.2) is 0 Å². The van der Waals surface area contributed by atoms with Crippen LogP contribution in [0.15, 0.2) is 24.3 Å². The first-order valence-electron chi connectivity index (χ1n) is 13.1. The smallest absolute Gasteiger partial charge is 0.243 e. The predicted molar refractivity (Wildman–Crippen MR) is 133 cm³/mol. The molecule has 3 N–H and O–H groups in total. The van der Waals surface area contributed by atoms with Crippen LogP contribution in [0.2, 0.25) is 0 Å². The first-order valence-corrected chi connectivity index (χ1v) is 13.1. The number of nitrogens with two attached hydrogens (primary N) is 1. The molecule has 0 spiro atoms. The number of rotatable bonds is 9. The number of hydrogen-bond acceptors (Lipinski definition) is 5. The summed E-state index contributed by atoms with van der Waals surface area (Å²) >= 11 is 0. The van der Waals surface area contributed by atoms with Crippen LogP contribution in [0.4, 0.5) is 0 Å². The molecule has 1 aromatic carbocycles. The third kappa shape index (κ3) is 6.37. The second kappa shape index (κ2) is 11.6. The zero-order valence-corrected chi connectivity index (χ0v) is 20.9. The molecule has 1 aliphatic heterocycles. The standard InChI is InChI=1S/C27H42N4O3/c1-19-5-3-4-6-21(19)18-30(15-16-34-2)24-13-14-31(27(33)20-7-8-20)25(17-24)26(32)29-23-11-9-22(28)10-12-23/h3-6,20,22-25H,7-18,28H2,1-2H3,(H,29,32)/t22?,23?,24?,25-/m1/s1. The fraction of sp³-hybridized carbons (Fsp3) is 0.704. The lowest BCUT2D eigenvalue weighted by molar-refractivity contribution is -0.145. The van der Waals surface area contributed by atoms with E-state index in [9.17, 15) is 9.59 Å². The number of carbonyl (C=O) groups is 2. The van der Waals surface area contributed by atoms with E-state index in [0.717, 1.165) is 58.0 Å². The lowest BCUT2D eigenvalue weighted by Gasteiger charge is -2.43. The van der Waals surface area contributed by atoms with Crippen LogP contribution in [-0.4, -0.2) is 72.6 Å². The van der Waals surface area contributed by atoms with E-state index in [0.29, 0.717) is 19.6 Å². The van der Waals surface area contributed by atoms with Crippen molar-refractivity contribution < 1.29 is 14.3 Å². The van der Waals surface area contributed by atoms with Crippen molar-refractivity contribution in [1.82, 2.24) is 15.1 Å². The van der Waals surface area contributed by atoms with Crippen molar-refractivity contribution in [2.45, 2.75) is 89.0 Å². The molecule has 34 heavy (non-hydrogen) atoms. The molecule has 188 valence electrons. The number of hydrogen-bond donors (Lipinski definition) is 2. The fourth-order valence-electron chi connectivity index (χ4n) is 5.52. The van der Waals surface area contributed by atoms with Gasteiger partial charge in [-0.2, -0.15) is 0 Å². The number of ether oxygens (including phenoxy) is 1. The van der Waals surface area contributed by atoms with Crippen molar-refractivity contribution >= 4 is 11.8 Å². The van der Waals surface area contributed by atoms with Gasteiger partial charge in [0, 0.05) is 50.8 Å². The van der Waals surface area contributed by atoms with Crippen LogP contribution in [0.25, 0.3) is 0 Å². The average molecular weight is 471 g/mol. The Kier molecular flexibility index (Phi) is 8.61. The molecule has 0 bridgehead atoms. The lowest BCUT2D eigenvalue weighted by Crippen LogP contribution is -2.59. The Bertz CT molecular complexity index is 835. The second-order valence-corrected chi connectivity index (χ2v) is 10.5. The summed E-state index contributed by atoms with van der Waals surface area (Å²) in [6.45, 7) is 5.07. The molecule has 2 amide bonds. The van der Waals surface area contributed by atoms with E-state index < -0.39 is 6.04 Å². The molecular formula is C27H42N4O3. The second-order valence-electron chi connectivity index (χ2n) is 10.5. The third-order valence-electron chi connectivity index (χ3n) is 7.94. The maximum Gasteiger partial charge on any atom is 0.243 e. The molecule has 3 fully saturated rings. The van der Waals surface area contributed by atoms with E-state index in [1.54, 1.807) is 7.11 Å². The van der Waals surface area contributed by atoms with Crippen molar-refractivity contribution in [3.8, 4) is 0 Å². The van der Waals surface area contributed by atoms with Gasteiger partial charge in [0.1, 0.15) is 6.04 Å². The van der Waals surface area contributed by atoms with Crippen LogP contribution in [0.3, 0.4) is 0 Å². The van der Waals surface area contributed by atoms with E-state index in [1.807, 2.05) is 4.90 Å². The number of benzene rings is 1. The first-order chi connectivity index (χ1) is 16.5. The molecule has 0 radical (unpaired) electrons. The number of likely N-dealkylation sites (tertiary alicyclic amines) is 1. The van der Waals surface area contributed by atoms with Gasteiger partial charge in [0.15, 0.2) is 0 Å². The summed E-state index contributed by atoms with van der Waals surface area (Å²) in [5.41, 5.74) is 8.63. The highest BCUT2D eigenvalue weighted by molar-refractivity contribution is 5.89. The summed E-state index contributed by atoms with van der Waals surface area (Å²) in [5, 5.41) is 3.28. The number of aryl methyl sites for hydroxylation is 1. The van der Waals surface area contributed by atoms with Crippen LogP contribution < -0.4 is 11.1 Å². The molecular weight excluding hydrogens is 428 g/mol. The van der Waals surface area contributed by atoms with Gasteiger partial charge in [-0.15, -0.1) is 0 Å². The zero-order chi connectivity index (χ0) is 24.1. The van der Waals surface area contributed by atoms with Crippen LogP contribution in [0, 0.1) is 12.8 Å². The minimum atomic E-state index is -0.399. The molecule has 2 saturated carbocycles. The van der Waals surface area contributed by atoms with Gasteiger partial charge in [0.05, 0.1) is 6.61 Å². The molecule has 2 aliphatic carbocycles. The normalized spacial score (nSPS) is 27.6. The highest BCUT2D eigenvalue weighted by Crippen LogP contribution is 2.34. The third-order valence-corrected chi connectivity index (χ3v) is 7.94. The van der Waals surface area contributed by atoms with E-state index in [4.69, 9.17) is 10.5 Å². The quantitative estimate of drug-likeness (QED) is 0.579. The van der Waals surface area contributed by atoms with E-state index in [-0.39, 0.29) is 35.9 Å². The monoisotopic (exact) mass is 470 g/mol. The van der Waals surface area contributed by atoms with Gasteiger partial charge in [-0.05, 0) is 69.4 Å². The molecule has 4 rings (SSSR count). The van der Waals surface area contributed by atoms with Crippen molar-refractivity contribution in [1.29, 1.82) is 0 Å². The number of methoxy groups -OCH3 is 1. The van der Waals surface area contributed by atoms with Crippen LogP contribution >= 0.6 is 0 Å². The van der Waals surface area contributed by atoms with Gasteiger partial charge in [-0.1, -0.05) is 24.3 Å². The van der Waals surface area contributed by atoms with Crippen LogP contribution in [0.5, 0.6) is 0 Å². The highest BCUT2D eigenvalue weighted by Gasteiger charge is 2.43. The average Bonchev–Trinajstić information content (AvgIpc) is 3.69. The number of amides is 2. The minimum Gasteiger partial charge on any atom is -0.383 e. The molecule has 0 aromatic heterocycles. The predicted octanol–water partition coefficient (Wildman–Crippen LogP) is 2.60. The molecule has 1 aromatic rings. The SMILES string of the molecule is COCCN(Cc1ccccc1C)C1CCN(C(=O)C2CC2)[C@@H](C(=O)NC2CCC(N)CC2)C1. The van der Waals surface area contributed by atoms with Gasteiger partial charge < -0.3 is 20.7 Å². The summed E-state index contributed by atoms with van der Waals surface area (Å²) < 4.78 is 5.42. The van der Waals surface area contributed by atoms with Crippen molar-refractivity contribution in [3.05, 3.63) is 35.4 Å². The summed E-state index contributed by atoms with van der Waals surface area (Å²) in [5.74, 6) is 0.310. The molecule has 3 aliphatic rings. The van der Waals surface area contributed by atoms with Crippen molar-refractivity contribution in [3.63, 3.8) is 0 Å². The minimum absolute atomic E-state index is 0.0155. The fourth-order valence-corrected chi connectivity index (χ4v) is 5.52. The molecule has 1 unspecified atom stereocenters. The Morgan fingerprint density at radius 3 is 2.53 bits per heavy atom. The summed E-state index contributed by atoms with van der Waals surface area (Å²) in [6.07, 6.45) is 7.22. The topological polar surface area (TPSA) is 87.9 Å². The van der Waals surface area contributed by atoms with Gasteiger partial charge in [0.25, 0.3) is 0 Å². The number of carbonyl (C=O) groups excluding carboxylic acids is 2. The number of nitrogens with zero attached hydrogens (tertiary/aromatic N) is 2. The Morgan fingerprint density at radius 1 is 1.12 bits per heavy atom. The summed E-state index contributed by atoms with van der Waals surface area (Å²) in [4.78, 5) is 30.9. The van der Waals surface area contributed by atoms with Crippen LogP contribution in [-0.2, 0) is 20.9 Å². The lowest BCUT2D eigenvalue weighted by atomic mass is 9.90. The van der Waals surface area contributed by atoms with Crippen LogP contribution in [0.1, 0.15) is 62.5 Å². The van der Waals surface area contributed by atoms with E-state index >= 15 is 0 Å². The maximum atomic E-state index is 13.5. The maximum absolute atomic E-state index is 13.5. The van der Waals surface area contributed by atoms with Gasteiger partial charge in [-0.3, -0.25) is 14.5 Å². The van der Waals surface area contributed by atoms with Gasteiger partial charge >= 0.3 is 0 Å². The van der Waals surface area contributed by atoms with Crippen molar-refractivity contribution in [2.75, 3.05) is 26.8 Å². The van der Waals surface area contributed by atoms with Gasteiger partial charge in [0.2, 0.25) is 11.8 Å². The van der Waals surface area contributed by atoms with Crippen molar-refractivity contribution in [2.24, 2.45) is 11.7 Å². The summed E-state index contributed by atoms with van der Waals surface area (Å²) in [6, 6.07) is 8.72. The Labute approximate surface area is 204 Å². The Hall–Kier alpha value is -1.96.